The minimum atomic E-state index is 0.366. The molecule has 1 fully saturated rings. The Morgan fingerprint density at radius 2 is 2.05 bits per heavy atom. The summed E-state index contributed by atoms with van der Waals surface area (Å²) in [6.45, 7) is 9.08. The molecule has 0 saturated carbocycles. The quantitative estimate of drug-likeness (QED) is 0.913. The highest BCUT2D eigenvalue weighted by Gasteiger charge is 2.29. The topological polar surface area (TPSA) is 24.5 Å². The first-order valence-corrected chi connectivity index (χ1v) is 7.98. The number of fused-ring (bicyclic) bond motifs is 1. The maximum atomic E-state index is 5.76. The zero-order valence-corrected chi connectivity index (χ0v) is 12.6. The van der Waals surface area contributed by atoms with Crippen molar-refractivity contribution in [3.63, 3.8) is 0 Å². The third kappa shape index (κ3) is 2.84. The highest BCUT2D eigenvalue weighted by molar-refractivity contribution is 5.39. The van der Waals surface area contributed by atoms with Gasteiger partial charge in [0, 0.05) is 11.6 Å². The molecule has 1 aromatic rings. The van der Waals surface area contributed by atoms with Crippen molar-refractivity contribution < 1.29 is 4.74 Å². The zero-order chi connectivity index (χ0) is 13.9. The molecule has 20 heavy (non-hydrogen) atoms. The average Bonchev–Trinajstić information content (AvgIpc) is 2.91. The van der Waals surface area contributed by atoms with Crippen LogP contribution in [0.4, 0.5) is 0 Å². The molecule has 3 nitrogen and oxygen atoms in total. The van der Waals surface area contributed by atoms with E-state index in [1.54, 1.807) is 0 Å². The second kappa shape index (κ2) is 6.15. The van der Waals surface area contributed by atoms with E-state index in [0.29, 0.717) is 12.1 Å². The van der Waals surface area contributed by atoms with Gasteiger partial charge in [-0.2, -0.15) is 0 Å². The second-order valence-electron chi connectivity index (χ2n) is 6.13. The molecule has 1 aromatic carbocycles. The Labute approximate surface area is 122 Å². The molecule has 0 aliphatic carbocycles. The van der Waals surface area contributed by atoms with E-state index in [1.165, 1.54) is 38.0 Å². The normalized spacial score (nSPS) is 25.2. The summed E-state index contributed by atoms with van der Waals surface area (Å²) in [5.41, 5.74) is 1.32. The monoisotopic (exact) mass is 274 g/mol. The first-order valence-electron chi connectivity index (χ1n) is 7.98. The van der Waals surface area contributed by atoms with Crippen molar-refractivity contribution in [3.8, 4) is 5.75 Å². The van der Waals surface area contributed by atoms with Gasteiger partial charge in [-0.05, 0) is 51.4 Å². The summed E-state index contributed by atoms with van der Waals surface area (Å²) in [6, 6.07) is 9.34. The number of hydrogen-bond acceptors (Lipinski definition) is 3. The predicted octanol–water partition coefficient (Wildman–Crippen LogP) is 2.83. The molecule has 2 aliphatic heterocycles. The molecular weight excluding hydrogens is 248 g/mol. The summed E-state index contributed by atoms with van der Waals surface area (Å²) in [5, 5.41) is 3.79. The Bertz CT molecular complexity index is 440. The molecule has 0 amide bonds. The van der Waals surface area contributed by atoms with Gasteiger partial charge < -0.3 is 15.0 Å². The molecule has 110 valence electrons. The van der Waals surface area contributed by atoms with E-state index in [0.717, 1.165) is 18.3 Å². The molecule has 0 bridgehead atoms. The fraction of sp³-hybridized carbons (Fsp3) is 0.647. The number of benzene rings is 1. The number of hydrogen-bond donors (Lipinski definition) is 1. The molecule has 3 heteroatoms. The summed E-state index contributed by atoms with van der Waals surface area (Å²) in [5.74, 6) is 1.85. The minimum absolute atomic E-state index is 0.366. The van der Waals surface area contributed by atoms with Crippen LogP contribution in [0.2, 0.25) is 0 Å². The van der Waals surface area contributed by atoms with E-state index in [-0.39, 0.29) is 0 Å². The van der Waals surface area contributed by atoms with Crippen LogP contribution in [0.25, 0.3) is 0 Å². The van der Waals surface area contributed by atoms with Gasteiger partial charge in [-0.25, -0.2) is 0 Å². The van der Waals surface area contributed by atoms with E-state index < -0.39 is 0 Å². The van der Waals surface area contributed by atoms with Crippen LogP contribution < -0.4 is 10.1 Å². The minimum Gasteiger partial charge on any atom is -0.491 e. The molecule has 2 atom stereocenters. The fourth-order valence-electron chi connectivity index (χ4n) is 3.52. The van der Waals surface area contributed by atoms with E-state index in [1.807, 2.05) is 6.07 Å². The van der Waals surface area contributed by atoms with E-state index in [2.05, 4.69) is 42.3 Å². The molecule has 1 N–H and O–H groups in total. The Balaban J connectivity index is 1.56. The lowest BCUT2D eigenvalue weighted by molar-refractivity contribution is 0.161. The largest absolute Gasteiger partial charge is 0.491 e. The van der Waals surface area contributed by atoms with Crippen LogP contribution in [0.3, 0.4) is 0 Å². The van der Waals surface area contributed by atoms with Crippen LogP contribution >= 0.6 is 0 Å². The molecule has 2 unspecified atom stereocenters. The molecular formula is C17H26N2O. The van der Waals surface area contributed by atoms with Crippen LogP contribution in [0.15, 0.2) is 24.3 Å². The van der Waals surface area contributed by atoms with Crippen LogP contribution in [0.5, 0.6) is 5.75 Å². The number of ether oxygens (including phenoxy) is 1. The standard InChI is InChI=1S/C17H26N2O/c1-3-19-10-8-14(9-11-19)13(2)18-16-12-20-17-7-5-4-6-15(16)17/h4-7,13-14,16,18H,3,8-12H2,1-2H3. The second-order valence-corrected chi connectivity index (χ2v) is 6.13. The number of rotatable bonds is 4. The Morgan fingerprint density at radius 3 is 2.80 bits per heavy atom. The number of para-hydroxylation sites is 1. The number of nitrogens with one attached hydrogen (secondary N) is 1. The highest BCUT2D eigenvalue weighted by Crippen LogP contribution is 2.33. The maximum absolute atomic E-state index is 5.76. The zero-order valence-electron chi connectivity index (χ0n) is 12.6. The summed E-state index contributed by atoms with van der Waals surface area (Å²) in [4.78, 5) is 2.55. The SMILES string of the molecule is CCN1CCC(C(C)NC2COc3ccccc32)CC1. The average molecular weight is 274 g/mol. The van der Waals surface area contributed by atoms with Crippen molar-refractivity contribution in [1.29, 1.82) is 0 Å². The molecule has 2 heterocycles. The van der Waals surface area contributed by atoms with Crippen molar-refractivity contribution in [1.82, 2.24) is 10.2 Å². The van der Waals surface area contributed by atoms with E-state index >= 15 is 0 Å². The van der Waals surface area contributed by atoms with Gasteiger partial charge in [0.15, 0.2) is 0 Å². The number of piperidine rings is 1. The van der Waals surface area contributed by atoms with Crippen molar-refractivity contribution in [2.75, 3.05) is 26.2 Å². The van der Waals surface area contributed by atoms with Gasteiger partial charge in [-0.1, -0.05) is 25.1 Å². The summed E-state index contributed by atoms with van der Waals surface area (Å²) >= 11 is 0. The van der Waals surface area contributed by atoms with Gasteiger partial charge in [0.2, 0.25) is 0 Å². The Hall–Kier alpha value is -1.06. The van der Waals surface area contributed by atoms with E-state index in [9.17, 15) is 0 Å². The van der Waals surface area contributed by atoms with Gasteiger partial charge in [-0.3, -0.25) is 0 Å². The Kier molecular flexibility index (Phi) is 4.27. The van der Waals surface area contributed by atoms with Crippen molar-refractivity contribution in [2.45, 2.75) is 38.8 Å². The lowest BCUT2D eigenvalue weighted by Gasteiger charge is -2.35. The first kappa shape index (κ1) is 13.9. The third-order valence-corrected chi connectivity index (χ3v) is 4.95. The molecule has 0 aromatic heterocycles. The van der Waals surface area contributed by atoms with Gasteiger partial charge in [0.25, 0.3) is 0 Å². The maximum Gasteiger partial charge on any atom is 0.124 e. The van der Waals surface area contributed by atoms with Gasteiger partial charge >= 0.3 is 0 Å². The van der Waals surface area contributed by atoms with Gasteiger partial charge in [-0.15, -0.1) is 0 Å². The number of likely N-dealkylation sites (tertiary alicyclic amines) is 1. The van der Waals surface area contributed by atoms with Crippen molar-refractivity contribution >= 4 is 0 Å². The lowest BCUT2D eigenvalue weighted by Crippen LogP contribution is -2.43. The van der Waals surface area contributed by atoms with Crippen LogP contribution in [-0.4, -0.2) is 37.2 Å². The van der Waals surface area contributed by atoms with Crippen LogP contribution in [0.1, 0.15) is 38.3 Å². The highest BCUT2D eigenvalue weighted by atomic mass is 16.5. The first-order chi connectivity index (χ1) is 9.78. The van der Waals surface area contributed by atoms with Crippen molar-refractivity contribution in [2.24, 2.45) is 5.92 Å². The molecule has 0 spiro atoms. The summed E-state index contributed by atoms with van der Waals surface area (Å²) in [7, 11) is 0. The molecule has 3 rings (SSSR count). The molecule has 0 radical (unpaired) electrons. The summed E-state index contributed by atoms with van der Waals surface area (Å²) in [6.07, 6.45) is 2.63. The lowest BCUT2D eigenvalue weighted by atomic mass is 9.89. The van der Waals surface area contributed by atoms with Gasteiger partial charge in [0.05, 0.1) is 6.04 Å². The van der Waals surface area contributed by atoms with Crippen LogP contribution in [0, 0.1) is 5.92 Å². The molecule has 2 aliphatic rings. The predicted molar refractivity (Wildman–Crippen MR) is 82.1 cm³/mol. The Morgan fingerprint density at radius 1 is 1.30 bits per heavy atom. The fourth-order valence-corrected chi connectivity index (χ4v) is 3.52. The van der Waals surface area contributed by atoms with Crippen LogP contribution in [-0.2, 0) is 0 Å². The number of nitrogens with zero attached hydrogens (tertiary/aromatic N) is 1. The molecule has 1 saturated heterocycles. The van der Waals surface area contributed by atoms with E-state index in [4.69, 9.17) is 4.74 Å². The van der Waals surface area contributed by atoms with Crippen molar-refractivity contribution in [3.05, 3.63) is 29.8 Å². The summed E-state index contributed by atoms with van der Waals surface area (Å²) < 4.78 is 5.76. The smallest absolute Gasteiger partial charge is 0.124 e. The third-order valence-electron chi connectivity index (χ3n) is 4.95. The van der Waals surface area contributed by atoms with Gasteiger partial charge in [0.1, 0.15) is 12.4 Å².